The molecule has 0 saturated carbocycles. The molecule has 1 unspecified atom stereocenters. The minimum atomic E-state index is -0.311. The number of rotatable bonds is 6. The summed E-state index contributed by atoms with van der Waals surface area (Å²) in [7, 11) is 3.54. The first-order chi connectivity index (χ1) is 11.0. The molecule has 1 rings (SSSR count). The van der Waals surface area contributed by atoms with Crippen LogP contribution in [-0.2, 0) is 16.1 Å². The summed E-state index contributed by atoms with van der Waals surface area (Å²) < 4.78 is 0. The van der Waals surface area contributed by atoms with Crippen molar-refractivity contribution in [3.8, 4) is 0 Å². The number of nitrogens with zero attached hydrogens (tertiary/aromatic N) is 1. The van der Waals surface area contributed by atoms with Crippen LogP contribution >= 0.6 is 23.2 Å². The minimum Gasteiger partial charge on any atom is -0.350 e. The SMILES string of the molecule is CN(CC(=O)NC(C)(C)C)C(=O)C[NH+](C)Cc1ccc(Cl)cc1Cl. The quantitative estimate of drug-likeness (QED) is 0.790. The molecule has 1 aromatic rings. The number of hydrogen-bond donors (Lipinski definition) is 2. The van der Waals surface area contributed by atoms with Gasteiger partial charge in [0, 0.05) is 23.2 Å². The highest BCUT2D eigenvalue weighted by Crippen LogP contribution is 2.20. The van der Waals surface area contributed by atoms with E-state index < -0.39 is 0 Å². The van der Waals surface area contributed by atoms with Crippen molar-refractivity contribution in [1.29, 1.82) is 0 Å². The van der Waals surface area contributed by atoms with Crippen LogP contribution in [0.15, 0.2) is 18.2 Å². The fourth-order valence-corrected chi connectivity index (χ4v) is 2.68. The van der Waals surface area contributed by atoms with Gasteiger partial charge >= 0.3 is 0 Å². The first-order valence-corrected chi connectivity index (χ1v) is 8.53. The van der Waals surface area contributed by atoms with Gasteiger partial charge in [0.2, 0.25) is 5.91 Å². The Morgan fingerprint density at radius 3 is 2.42 bits per heavy atom. The van der Waals surface area contributed by atoms with Crippen LogP contribution in [0.4, 0.5) is 0 Å². The van der Waals surface area contributed by atoms with Gasteiger partial charge in [-0.1, -0.05) is 29.3 Å². The maximum Gasteiger partial charge on any atom is 0.277 e. The molecule has 0 heterocycles. The Morgan fingerprint density at radius 2 is 1.88 bits per heavy atom. The fraction of sp³-hybridized carbons (Fsp3) is 0.529. The van der Waals surface area contributed by atoms with Gasteiger partial charge in [-0.05, 0) is 32.9 Å². The molecule has 2 N–H and O–H groups in total. The first kappa shape index (κ1) is 20.7. The predicted octanol–water partition coefficient (Wildman–Crippen LogP) is 1.38. The van der Waals surface area contributed by atoms with E-state index >= 15 is 0 Å². The van der Waals surface area contributed by atoms with Crippen molar-refractivity contribution in [2.24, 2.45) is 0 Å². The number of amides is 2. The Hall–Kier alpha value is -1.30. The molecule has 0 spiro atoms. The molecule has 134 valence electrons. The summed E-state index contributed by atoms with van der Waals surface area (Å²) >= 11 is 12.0. The molecular formula is C17H26Cl2N3O2+. The van der Waals surface area contributed by atoms with Gasteiger partial charge in [-0.15, -0.1) is 0 Å². The molecule has 5 nitrogen and oxygen atoms in total. The van der Waals surface area contributed by atoms with Crippen LogP contribution in [-0.4, -0.2) is 49.4 Å². The lowest BCUT2D eigenvalue weighted by Gasteiger charge is -2.24. The van der Waals surface area contributed by atoms with Gasteiger partial charge in [0.25, 0.3) is 5.91 Å². The fourth-order valence-electron chi connectivity index (χ4n) is 2.21. The summed E-state index contributed by atoms with van der Waals surface area (Å²) in [6, 6.07) is 5.33. The molecule has 0 aliphatic carbocycles. The number of halogens is 2. The maximum atomic E-state index is 12.3. The highest BCUT2D eigenvalue weighted by Gasteiger charge is 2.20. The second-order valence-corrected chi connectivity index (χ2v) is 7.94. The third-order valence-electron chi connectivity index (χ3n) is 3.28. The van der Waals surface area contributed by atoms with E-state index in [1.807, 2.05) is 33.9 Å². The molecule has 0 bridgehead atoms. The lowest BCUT2D eigenvalue weighted by molar-refractivity contribution is -0.885. The van der Waals surface area contributed by atoms with Crippen LogP contribution in [0.3, 0.4) is 0 Å². The zero-order valence-corrected chi connectivity index (χ0v) is 16.4. The Kier molecular flexibility index (Phi) is 7.52. The molecule has 0 saturated heterocycles. The highest BCUT2D eigenvalue weighted by atomic mass is 35.5. The Labute approximate surface area is 153 Å². The van der Waals surface area contributed by atoms with E-state index in [0.29, 0.717) is 16.6 Å². The normalized spacial score (nSPS) is 12.6. The summed E-state index contributed by atoms with van der Waals surface area (Å²) in [4.78, 5) is 26.6. The van der Waals surface area contributed by atoms with Crippen LogP contribution in [0.1, 0.15) is 26.3 Å². The second kappa shape index (κ2) is 8.70. The molecule has 7 heteroatoms. The van der Waals surface area contributed by atoms with E-state index in [1.54, 1.807) is 19.2 Å². The molecule has 0 aliphatic heterocycles. The molecule has 0 aromatic heterocycles. The zero-order valence-electron chi connectivity index (χ0n) is 14.9. The number of quaternary nitrogens is 1. The van der Waals surface area contributed by atoms with E-state index in [-0.39, 0.29) is 30.4 Å². The van der Waals surface area contributed by atoms with Crippen LogP contribution < -0.4 is 10.2 Å². The van der Waals surface area contributed by atoms with Crippen molar-refractivity contribution in [3.63, 3.8) is 0 Å². The Balaban J connectivity index is 2.52. The molecule has 0 fully saturated rings. The maximum absolute atomic E-state index is 12.3. The van der Waals surface area contributed by atoms with Crippen LogP contribution in [0, 0.1) is 0 Å². The first-order valence-electron chi connectivity index (χ1n) is 7.78. The third kappa shape index (κ3) is 7.51. The Morgan fingerprint density at radius 1 is 1.25 bits per heavy atom. The molecule has 0 radical (unpaired) electrons. The van der Waals surface area contributed by atoms with Crippen molar-refractivity contribution in [1.82, 2.24) is 10.2 Å². The lowest BCUT2D eigenvalue weighted by atomic mass is 10.1. The largest absolute Gasteiger partial charge is 0.350 e. The van der Waals surface area contributed by atoms with Gasteiger partial charge in [-0.25, -0.2) is 0 Å². The van der Waals surface area contributed by atoms with Crippen molar-refractivity contribution in [3.05, 3.63) is 33.8 Å². The highest BCUT2D eigenvalue weighted by molar-refractivity contribution is 6.35. The monoisotopic (exact) mass is 374 g/mol. The molecule has 2 amide bonds. The number of benzene rings is 1. The molecule has 1 aromatic carbocycles. The average molecular weight is 375 g/mol. The Bertz CT molecular complexity index is 600. The van der Waals surface area contributed by atoms with Gasteiger partial charge in [0.15, 0.2) is 6.54 Å². The van der Waals surface area contributed by atoms with Gasteiger partial charge in [0.05, 0.1) is 18.6 Å². The van der Waals surface area contributed by atoms with E-state index in [1.165, 1.54) is 4.90 Å². The zero-order chi connectivity index (χ0) is 18.5. The molecule has 0 aliphatic rings. The van der Waals surface area contributed by atoms with Crippen LogP contribution in [0.5, 0.6) is 0 Å². The van der Waals surface area contributed by atoms with Crippen molar-refractivity contribution < 1.29 is 14.5 Å². The van der Waals surface area contributed by atoms with Gasteiger partial charge < -0.3 is 15.1 Å². The minimum absolute atomic E-state index is 0.0467. The second-order valence-electron chi connectivity index (χ2n) is 7.09. The summed E-state index contributed by atoms with van der Waals surface area (Å²) in [5.74, 6) is -0.265. The lowest BCUT2D eigenvalue weighted by Crippen LogP contribution is -3.08. The van der Waals surface area contributed by atoms with Gasteiger partial charge in [0.1, 0.15) is 6.54 Å². The number of carbonyl (C=O) groups is 2. The summed E-state index contributed by atoms with van der Waals surface area (Å²) in [5.41, 5.74) is 0.619. The van der Waals surface area contributed by atoms with Gasteiger partial charge in [-0.3, -0.25) is 9.59 Å². The third-order valence-corrected chi connectivity index (χ3v) is 3.87. The van der Waals surface area contributed by atoms with E-state index in [0.717, 1.165) is 10.5 Å². The predicted molar refractivity (Wildman–Crippen MR) is 97.5 cm³/mol. The number of nitrogens with one attached hydrogen (secondary N) is 2. The van der Waals surface area contributed by atoms with Crippen molar-refractivity contribution in [2.75, 3.05) is 27.2 Å². The standard InChI is InChI=1S/C17H25Cl2N3O2/c1-17(2,3)20-15(23)10-22(5)16(24)11-21(4)9-12-6-7-13(18)8-14(12)19/h6-8H,9-11H2,1-5H3,(H,20,23)/p+1. The number of likely N-dealkylation sites (N-methyl/N-ethyl adjacent to an activating group) is 2. The van der Waals surface area contributed by atoms with Crippen LogP contribution in [0.25, 0.3) is 0 Å². The van der Waals surface area contributed by atoms with E-state index in [2.05, 4.69) is 5.32 Å². The molecular weight excluding hydrogens is 349 g/mol. The van der Waals surface area contributed by atoms with Crippen molar-refractivity contribution >= 4 is 35.0 Å². The van der Waals surface area contributed by atoms with Gasteiger partial charge in [-0.2, -0.15) is 0 Å². The molecule has 1 atom stereocenters. The summed E-state index contributed by atoms with van der Waals surface area (Å²) in [6.07, 6.45) is 0. The molecule has 24 heavy (non-hydrogen) atoms. The number of hydrogen-bond acceptors (Lipinski definition) is 2. The average Bonchev–Trinajstić information content (AvgIpc) is 2.39. The topological polar surface area (TPSA) is 53.9 Å². The van der Waals surface area contributed by atoms with Crippen molar-refractivity contribution in [2.45, 2.75) is 32.9 Å². The number of carbonyl (C=O) groups excluding carboxylic acids is 2. The van der Waals surface area contributed by atoms with E-state index in [4.69, 9.17) is 23.2 Å². The summed E-state index contributed by atoms with van der Waals surface area (Å²) in [6.45, 7) is 6.63. The van der Waals surface area contributed by atoms with Crippen LogP contribution in [0.2, 0.25) is 10.0 Å². The summed E-state index contributed by atoms with van der Waals surface area (Å²) in [5, 5.41) is 4.02. The smallest absolute Gasteiger partial charge is 0.277 e. The van der Waals surface area contributed by atoms with E-state index in [9.17, 15) is 9.59 Å².